The van der Waals surface area contributed by atoms with Crippen molar-refractivity contribution in [1.82, 2.24) is 0 Å². The summed E-state index contributed by atoms with van der Waals surface area (Å²) >= 11 is 0. The summed E-state index contributed by atoms with van der Waals surface area (Å²) in [7, 11) is 1.46. The molecule has 0 radical (unpaired) electrons. The number of carboxylic acids is 2. The van der Waals surface area contributed by atoms with E-state index in [9.17, 15) is 14.4 Å². The minimum atomic E-state index is -1.23. The Kier molecular flexibility index (Phi) is 19.5. The Balaban J connectivity index is 0.000000716. The summed E-state index contributed by atoms with van der Waals surface area (Å²) in [6, 6.07) is 5.48. The van der Waals surface area contributed by atoms with E-state index in [0.717, 1.165) is 12.8 Å². The summed E-state index contributed by atoms with van der Waals surface area (Å²) in [6.07, 6.45) is 22.0. The minimum absolute atomic E-state index is 0.0763. The fraction of sp³-hybridized carbons (Fsp3) is 0.593. The number of unbranched alkanes of at least 4 members (excludes halogenated alkanes) is 11. The van der Waals surface area contributed by atoms with Crippen molar-refractivity contribution in [1.29, 1.82) is 0 Å². The van der Waals surface area contributed by atoms with E-state index in [-0.39, 0.29) is 17.1 Å². The van der Waals surface area contributed by atoms with Crippen LogP contribution in [0.2, 0.25) is 0 Å². The standard InChI is InChI=1S/C19H36O2.C8H6O4/c1-3-4-5-6-7-8-9-10-11-12-13-14-15-16-17-18-19(20)21-2;9-7(10)5-3-1-2-4-6(5)8(11)12/h10-11H,3-9,12-18H2,1-2H3;1-4H,(H,9,10)(H,11,12)/b11-10-;. The highest BCUT2D eigenvalue weighted by atomic mass is 16.5. The molecule has 0 heterocycles. The van der Waals surface area contributed by atoms with Crippen molar-refractivity contribution in [3.05, 3.63) is 47.5 Å². The van der Waals surface area contributed by atoms with Gasteiger partial charge in [0, 0.05) is 6.42 Å². The Morgan fingerprint density at radius 3 is 1.58 bits per heavy atom. The fourth-order valence-corrected chi connectivity index (χ4v) is 3.30. The summed E-state index contributed by atoms with van der Waals surface area (Å²) in [4.78, 5) is 31.8. The van der Waals surface area contributed by atoms with Gasteiger partial charge in [-0.05, 0) is 44.2 Å². The summed E-state index contributed by atoms with van der Waals surface area (Å²) in [5.74, 6) is -2.53. The van der Waals surface area contributed by atoms with Gasteiger partial charge in [-0.25, -0.2) is 9.59 Å². The average Bonchev–Trinajstić information content (AvgIpc) is 2.81. The maximum absolute atomic E-state index is 10.9. The highest BCUT2D eigenvalue weighted by Crippen LogP contribution is 2.10. The third kappa shape index (κ3) is 17.6. The SMILES string of the molecule is CCCCCCCC/C=C\CCCCCCCC(=O)OC.O=C(O)c1ccccc1C(=O)O. The van der Waals surface area contributed by atoms with E-state index in [1.807, 2.05) is 0 Å². The van der Waals surface area contributed by atoms with Crippen molar-refractivity contribution in [3.8, 4) is 0 Å². The first-order chi connectivity index (χ1) is 15.9. The maximum atomic E-state index is 10.9. The van der Waals surface area contributed by atoms with Gasteiger partial charge in [0.2, 0.25) is 0 Å². The molecule has 0 aromatic heterocycles. The van der Waals surface area contributed by atoms with Gasteiger partial charge in [-0.2, -0.15) is 0 Å². The number of hydrogen-bond donors (Lipinski definition) is 2. The number of ether oxygens (including phenoxy) is 1. The number of carbonyl (C=O) groups excluding carboxylic acids is 1. The lowest BCUT2D eigenvalue weighted by Gasteiger charge is -2.00. The van der Waals surface area contributed by atoms with Gasteiger partial charge in [-0.1, -0.05) is 82.6 Å². The van der Waals surface area contributed by atoms with E-state index in [2.05, 4.69) is 23.8 Å². The molecule has 33 heavy (non-hydrogen) atoms. The zero-order valence-electron chi connectivity index (χ0n) is 20.4. The Hall–Kier alpha value is -2.63. The molecule has 0 unspecified atom stereocenters. The molecule has 1 rings (SSSR count). The summed E-state index contributed by atoms with van der Waals surface area (Å²) in [5, 5.41) is 17.1. The molecular weight excluding hydrogens is 420 g/mol. The number of esters is 1. The molecule has 2 N–H and O–H groups in total. The molecule has 0 atom stereocenters. The molecule has 0 aliphatic carbocycles. The third-order valence-corrected chi connectivity index (χ3v) is 5.26. The van der Waals surface area contributed by atoms with Crippen LogP contribution < -0.4 is 0 Å². The molecule has 6 nitrogen and oxygen atoms in total. The van der Waals surface area contributed by atoms with Crippen molar-refractivity contribution in [3.63, 3.8) is 0 Å². The molecule has 6 heteroatoms. The molecule has 0 aliphatic heterocycles. The molecular formula is C27H42O6. The Labute approximate surface area is 199 Å². The first-order valence-electron chi connectivity index (χ1n) is 12.2. The van der Waals surface area contributed by atoms with Crippen molar-refractivity contribution >= 4 is 17.9 Å². The lowest BCUT2D eigenvalue weighted by atomic mass is 10.1. The van der Waals surface area contributed by atoms with Gasteiger partial charge in [-0.15, -0.1) is 0 Å². The van der Waals surface area contributed by atoms with Gasteiger partial charge >= 0.3 is 17.9 Å². The number of carbonyl (C=O) groups is 3. The molecule has 0 fully saturated rings. The van der Waals surface area contributed by atoms with Crippen LogP contribution in [0.15, 0.2) is 36.4 Å². The third-order valence-electron chi connectivity index (χ3n) is 5.26. The largest absolute Gasteiger partial charge is 0.478 e. The first kappa shape index (κ1) is 30.4. The molecule has 0 aliphatic rings. The second kappa shape index (κ2) is 21.2. The molecule has 0 saturated carbocycles. The van der Waals surface area contributed by atoms with Gasteiger partial charge in [0.05, 0.1) is 18.2 Å². The van der Waals surface area contributed by atoms with Crippen LogP contribution in [0.25, 0.3) is 0 Å². The zero-order valence-corrected chi connectivity index (χ0v) is 20.4. The normalized spacial score (nSPS) is 10.5. The topological polar surface area (TPSA) is 101 Å². The monoisotopic (exact) mass is 462 g/mol. The van der Waals surface area contributed by atoms with Crippen LogP contribution in [0.5, 0.6) is 0 Å². The number of aromatic carboxylic acids is 2. The van der Waals surface area contributed by atoms with Gasteiger partial charge < -0.3 is 14.9 Å². The first-order valence-corrected chi connectivity index (χ1v) is 12.2. The molecule has 0 bridgehead atoms. The number of methoxy groups -OCH3 is 1. The highest BCUT2D eigenvalue weighted by Gasteiger charge is 2.13. The quantitative estimate of drug-likeness (QED) is 0.143. The van der Waals surface area contributed by atoms with Crippen molar-refractivity contribution in [2.75, 3.05) is 7.11 Å². The average molecular weight is 463 g/mol. The van der Waals surface area contributed by atoms with Crippen LogP contribution in [0.4, 0.5) is 0 Å². The number of benzene rings is 1. The van der Waals surface area contributed by atoms with Crippen LogP contribution in [-0.4, -0.2) is 35.2 Å². The van der Waals surface area contributed by atoms with Crippen molar-refractivity contribution < 1.29 is 29.3 Å². The van der Waals surface area contributed by atoms with Crippen LogP contribution in [0, 0.1) is 0 Å². The number of rotatable bonds is 17. The van der Waals surface area contributed by atoms with Gasteiger partial charge in [0.1, 0.15) is 0 Å². The van der Waals surface area contributed by atoms with Crippen molar-refractivity contribution in [2.24, 2.45) is 0 Å². The molecule has 1 aromatic carbocycles. The number of allylic oxidation sites excluding steroid dienone is 2. The predicted molar refractivity (Wildman–Crippen MR) is 132 cm³/mol. The van der Waals surface area contributed by atoms with E-state index in [4.69, 9.17) is 10.2 Å². The fourth-order valence-electron chi connectivity index (χ4n) is 3.30. The number of hydrogen-bond acceptors (Lipinski definition) is 4. The maximum Gasteiger partial charge on any atom is 0.336 e. The van der Waals surface area contributed by atoms with E-state index in [0.29, 0.717) is 6.42 Å². The molecule has 0 amide bonds. The summed E-state index contributed by atoms with van der Waals surface area (Å²) < 4.78 is 4.62. The highest BCUT2D eigenvalue weighted by molar-refractivity contribution is 6.01. The van der Waals surface area contributed by atoms with E-state index >= 15 is 0 Å². The lowest BCUT2D eigenvalue weighted by molar-refractivity contribution is -0.140. The Morgan fingerprint density at radius 1 is 0.727 bits per heavy atom. The van der Waals surface area contributed by atoms with Crippen LogP contribution in [0.1, 0.15) is 118 Å². The Bertz CT molecular complexity index is 663. The molecule has 186 valence electrons. The van der Waals surface area contributed by atoms with E-state index in [1.54, 1.807) is 0 Å². The smallest absolute Gasteiger partial charge is 0.336 e. The van der Waals surface area contributed by atoms with Gasteiger partial charge in [-0.3, -0.25) is 4.79 Å². The van der Waals surface area contributed by atoms with Crippen LogP contribution in [-0.2, 0) is 9.53 Å². The minimum Gasteiger partial charge on any atom is -0.478 e. The van der Waals surface area contributed by atoms with E-state index < -0.39 is 11.9 Å². The second-order valence-electron chi connectivity index (χ2n) is 8.07. The van der Waals surface area contributed by atoms with E-state index in [1.165, 1.54) is 102 Å². The molecule has 0 saturated heterocycles. The summed E-state index contributed by atoms with van der Waals surface area (Å²) in [6.45, 7) is 2.27. The lowest BCUT2D eigenvalue weighted by Crippen LogP contribution is -2.06. The predicted octanol–water partition coefficient (Wildman–Crippen LogP) is 7.28. The molecule has 1 aromatic rings. The van der Waals surface area contributed by atoms with Gasteiger partial charge in [0.25, 0.3) is 0 Å². The van der Waals surface area contributed by atoms with Crippen molar-refractivity contribution in [2.45, 2.75) is 96.8 Å². The Morgan fingerprint density at radius 2 is 1.15 bits per heavy atom. The number of carboxylic acid groups (broad SMARTS) is 2. The van der Waals surface area contributed by atoms with Crippen LogP contribution >= 0.6 is 0 Å². The molecule has 0 spiro atoms. The second-order valence-corrected chi connectivity index (χ2v) is 8.07. The van der Waals surface area contributed by atoms with Crippen LogP contribution in [0.3, 0.4) is 0 Å². The zero-order chi connectivity index (χ0) is 24.7. The van der Waals surface area contributed by atoms with Gasteiger partial charge in [0.15, 0.2) is 0 Å². The summed E-state index contributed by atoms with van der Waals surface area (Å²) in [5.41, 5.74) is -0.380.